The molecule has 7 heteroatoms. The molecule has 5 fully saturated rings. The molecule has 4 saturated heterocycles. The van der Waals surface area contributed by atoms with Crippen molar-refractivity contribution in [1.82, 2.24) is 4.90 Å². The van der Waals surface area contributed by atoms with Crippen molar-refractivity contribution in [1.29, 1.82) is 0 Å². The zero-order valence-electron chi connectivity index (χ0n) is 17.4. The molecule has 29 heavy (non-hydrogen) atoms. The van der Waals surface area contributed by atoms with E-state index in [2.05, 4.69) is 0 Å². The number of piperidine rings is 1. The standard InChI is InChI=1S/C22H31NO6/c1-4-13-17-16(12(3)19(25)29-17)22(27)10-14(15-9-11(2)18(24)28-15)23-8-6-5-7-21(13,22)20(23)26/h11-17,27H,4-10H2,1-3H3/t11-,12+,13-,14+,15+,16-,17-,21-,22+/m0/s1. The number of cyclic esters (lactones) is 1. The van der Waals surface area contributed by atoms with Crippen LogP contribution in [0, 0.1) is 29.1 Å². The summed E-state index contributed by atoms with van der Waals surface area (Å²) in [7, 11) is 0. The first-order valence-corrected chi connectivity index (χ1v) is 11.2. The third-order valence-corrected chi connectivity index (χ3v) is 8.78. The predicted octanol–water partition coefficient (Wildman–Crippen LogP) is 1.66. The van der Waals surface area contributed by atoms with Gasteiger partial charge in [-0.1, -0.05) is 27.2 Å². The van der Waals surface area contributed by atoms with Crippen molar-refractivity contribution in [3.63, 3.8) is 0 Å². The topological polar surface area (TPSA) is 93.1 Å². The van der Waals surface area contributed by atoms with Gasteiger partial charge in [0.15, 0.2) is 0 Å². The molecule has 5 aliphatic rings. The number of rotatable bonds is 2. The van der Waals surface area contributed by atoms with Gasteiger partial charge in [-0.3, -0.25) is 14.4 Å². The summed E-state index contributed by atoms with van der Waals surface area (Å²) < 4.78 is 11.4. The van der Waals surface area contributed by atoms with Crippen LogP contribution in [0.25, 0.3) is 0 Å². The Balaban J connectivity index is 1.63. The lowest BCUT2D eigenvalue weighted by Crippen LogP contribution is -2.69. The molecule has 1 amide bonds. The predicted molar refractivity (Wildman–Crippen MR) is 101 cm³/mol. The number of esters is 2. The van der Waals surface area contributed by atoms with Gasteiger partial charge in [0.25, 0.3) is 0 Å². The molecule has 9 atom stereocenters. The van der Waals surface area contributed by atoms with Gasteiger partial charge in [-0.2, -0.15) is 0 Å². The normalized spacial score (nSPS) is 51.4. The van der Waals surface area contributed by atoms with Crippen molar-refractivity contribution in [2.45, 2.75) is 83.1 Å². The maximum absolute atomic E-state index is 14.0. The van der Waals surface area contributed by atoms with Gasteiger partial charge in [-0.15, -0.1) is 0 Å². The van der Waals surface area contributed by atoms with E-state index >= 15 is 0 Å². The van der Waals surface area contributed by atoms with Gasteiger partial charge >= 0.3 is 11.9 Å². The van der Waals surface area contributed by atoms with Gasteiger partial charge in [0, 0.05) is 24.8 Å². The van der Waals surface area contributed by atoms with E-state index in [-0.39, 0.29) is 41.6 Å². The Morgan fingerprint density at radius 3 is 2.55 bits per heavy atom. The van der Waals surface area contributed by atoms with E-state index in [1.54, 1.807) is 0 Å². The second-order valence-corrected chi connectivity index (χ2v) is 9.97. The van der Waals surface area contributed by atoms with Gasteiger partial charge in [0.2, 0.25) is 5.91 Å². The van der Waals surface area contributed by atoms with Crippen LogP contribution in [-0.4, -0.2) is 58.2 Å². The average molecular weight is 405 g/mol. The van der Waals surface area contributed by atoms with Gasteiger partial charge < -0.3 is 19.5 Å². The highest BCUT2D eigenvalue weighted by atomic mass is 16.6. The van der Waals surface area contributed by atoms with Crippen LogP contribution in [-0.2, 0) is 23.9 Å². The first-order valence-electron chi connectivity index (χ1n) is 11.2. The highest BCUT2D eigenvalue weighted by Gasteiger charge is 2.78. The van der Waals surface area contributed by atoms with Crippen molar-refractivity contribution >= 4 is 17.8 Å². The summed E-state index contributed by atoms with van der Waals surface area (Å²) >= 11 is 0. The molecule has 0 aromatic rings. The van der Waals surface area contributed by atoms with Gasteiger partial charge in [0.1, 0.15) is 12.2 Å². The highest BCUT2D eigenvalue weighted by Crippen LogP contribution is 2.67. The molecule has 2 bridgehead atoms. The van der Waals surface area contributed by atoms with Crippen molar-refractivity contribution in [3.05, 3.63) is 0 Å². The first kappa shape index (κ1) is 19.3. The summed E-state index contributed by atoms with van der Waals surface area (Å²) in [4.78, 5) is 40.4. The summed E-state index contributed by atoms with van der Waals surface area (Å²) in [5, 5.41) is 12.3. The number of carbonyl (C=O) groups is 3. The van der Waals surface area contributed by atoms with Gasteiger partial charge in [-0.05, 0) is 25.7 Å². The number of nitrogens with zero attached hydrogens (tertiary/aromatic N) is 1. The lowest BCUT2D eigenvalue weighted by Gasteiger charge is -2.55. The molecule has 160 valence electrons. The highest BCUT2D eigenvalue weighted by molar-refractivity contribution is 5.89. The molecular formula is C22H31NO6. The second kappa shape index (κ2) is 6.19. The van der Waals surface area contributed by atoms with Crippen molar-refractivity contribution in [3.8, 4) is 0 Å². The molecule has 4 heterocycles. The van der Waals surface area contributed by atoms with Crippen molar-refractivity contribution < 1.29 is 29.0 Å². The fourth-order valence-corrected chi connectivity index (χ4v) is 7.53. The number of aliphatic hydroxyl groups is 1. The maximum Gasteiger partial charge on any atom is 0.309 e. The van der Waals surface area contributed by atoms with Crippen LogP contribution in [0.5, 0.6) is 0 Å². The summed E-state index contributed by atoms with van der Waals surface area (Å²) in [5.74, 6) is -1.72. The smallest absolute Gasteiger partial charge is 0.309 e. The van der Waals surface area contributed by atoms with E-state index in [4.69, 9.17) is 9.47 Å². The Bertz CT molecular complexity index is 768. The van der Waals surface area contributed by atoms with E-state index in [0.29, 0.717) is 32.2 Å². The Morgan fingerprint density at radius 2 is 1.90 bits per heavy atom. The molecule has 4 aliphatic heterocycles. The fraction of sp³-hybridized carbons (Fsp3) is 0.864. The Hall–Kier alpha value is -1.63. The second-order valence-electron chi connectivity index (χ2n) is 9.97. The third kappa shape index (κ3) is 2.20. The molecule has 1 saturated carbocycles. The summed E-state index contributed by atoms with van der Waals surface area (Å²) in [6, 6.07) is -0.341. The van der Waals surface area contributed by atoms with Crippen molar-refractivity contribution in [2.24, 2.45) is 29.1 Å². The van der Waals surface area contributed by atoms with Crippen LogP contribution in [0.3, 0.4) is 0 Å². The molecule has 1 aliphatic carbocycles. The SMILES string of the molecule is CC[C@H]1[C@@H]2OC(=O)[C@H](C)[C@@H]2[C@]2(O)C[C@H]([C@H]3C[C@H](C)C(=O)O3)N3CCCC[C@@]12C3=O. The minimum atomic E-state index is -1.31. The van der Waals surface area contributed by atoms with Gasteiger partial charge in [-0.25, -0.2) is 0 Å². The Labute approximate surface area is 171 Å². The molecule has 7 nitrogen and oxygen atoms in total. The van der Waals surface area contributed by atoms with Crippen LogP contribution < -0.4 is 0 Å². The lowest BCUT2D eigenvalue weighted by atomic mass is 9.58. The zero-order valence-corrected chi connectivity index (χ0v) is 17.4. The molecular weight excluding hydrogens is 374 g/mol. The summed E-state index contributed by atoms with van der Waals surface area (Å²) in [6.07, 6.45) is 3.14. The average Bonchev–Trinajstić information content (AvgIpc) is 3.19. The largest absolute Gasteiger partial charge is 0.461 e. The third-order valence-electron chi connectivity index (χ3n) is 8.78. The number of ether oxygens (including phenoxy) is 2. The first-order chi connectivity index (χ1) is 13.8. The van der Waals surface area contributed by atoms with E-state index in [1.807, 2.05) is 25.7 Å². The molecule has 1 N–H and O–H groups in total. The fourth-order valence-electron chi connectivity index (χ4n) is 7.53. The molecule has 0 aromatic carbocycles. The quantitative estimate of drug-likeness (QED) is 0.703. The lowest BCUT2D eigenvalue weighted by molar-refractivity contribution is -0.200. The number of amides is 1. The number of carbonyl (C=O) groups excluding carboxylic acids is 3. The van der Waals surface area contributed by atoms with Crippen LogP contribution in [0.15, 0.2) is 0 Å². The molecule has 0 radical (unpaired) electrons. The molecule has 0 aromatic heterocycles. The summed E-state index contributed by atoms with van der Waals surface area (Å²) in [5.41, 5.74) is -2.22. The van der Waals surface area contributed by atoms with Crippen LogP contribution in [0.4, 0.5) is 0 Å². The Kier molecular flexibility index (Phi) is 4.13. The van der Waals surface area contributed by atoms with Crippen molar-refractivity contribution in [2.75, 3.05) is 6.54 Å². The van der Waals surface area contributed by atoms with Gasteiger partial charge in [0.05, 0.1) is 28.9 Å². The van der Waals surface area contributed by atoms with E-state index in [1.165, 1.54) is 0 Å². The molecule has 5 rings (SSSR count). The van der Waals surface area contributed by atoms with E-state index < -0.39 is 29.1 Å². The number of hydrogen-bond donors (Lipinski definition) is 1. The van der Waals surface area contributed by atoms with Crippen LogP contribution in [0.1, 0.15) is 59.3 Å². The molecule has 1 spiro atoms. The monoisotopic (exact) mass is 405 g/mol. The van der Waals surface area contributed by atoms with Crippen LogP contribution in [0.2, 0.25) is 0 Å². The number of hydrogen-bond acceptors (Lipinski definition) is 6. The van der Waals surface area contributed by atoms with E-state index in [9.17, 15) is 19.5 Å². The minimum absolute atomic E-state index is 0.0196. The van der Waals surface area contributed by atoms with E-state index in [0.717, 1.165) is 12.8 Å². The summed E-state index contributed by atoms with van der Waals surface area (Å²) in [6.45, 7) is 6.31. The van der Waals surface area contributed by atoms with Crippen LogP contribution >= 0.6 is 0 Å². The molecule has 0 unspecified atom stereocenters. The maximum atomic E-state index is 14.0. The zero-order chi connectivity index (χ0) is 20.7. The Morgan fingerprint density at radius 1 is 1.14 bits per heavy atom. The number of fused-ring (bicyclic) bond motifs is 3. The minimum Gasteiger partial charge on any atom is -0.461 e.